The number of aromatic nitrogens is 1. The van der Waals surface area contributed by atoms with Gasteiger partial charge >= 0.3 is 0 Å². The molecule has 1 aromatic heterocycles. The molecule has 0 unspecified atom stereocenters. The number of fused-ring (bicyclic) bond motifs is 1. The van der Waals surface area contributed by atoms with Crippen molar-refractivity contribution < 1.29 is 9.63 Å². The van der Waals surface area contributed by atoms with Gasteiger partial charge in [0.1, 0.15) is 0 Å². The van der Waals surface area contributed by atoms with E-state index in [0.29, 0.717) is 0 Å². The van der Waals surface area contributed by atoms with Crippen LogP contribution in [-0.2, 0) is 0 Å². The van der Waals surface area contributed by atoms with Gasteiger partial charge in [-0.1, -0.05) is 39.0 Å². The highest BCUT2D eigenvalue weighted by atomic mass is 28.4. The highest BCUT2D eigenvalue weighted by Crippen LogP contribution is 2.36. The summed E-state index contributed by atoms with van der Waals surface area (Å²) in [5.74, 6) is 0.168. The second kappa shape index (κ2) is 4.05. The van der Waals surface area contributed by atoms with Crippen LogP contribution in [0.1, 0.15) is 20.8 Å². The summed E-state index contributed by atoms with van der Waals surface area (Å²) in [6.45, 7) is 10.9. The van der Waals surface area contributed by atoms with Crippen molar-refractivity contribution in [1.82, 2.24) is 4.73 Å². The third kappa shape index (κ3) is 2.12. The first-order chi connectivity index (χ1) is 8.22. The zero-order chi connectivity index (χ0) is 13.6. The molecular formula is C14H21NO2Si. The SMILES string of the molecule is CC(C)(C)[Si](C)(C)On1c(O)cc2ccccc21. The molecule has 0 aliphatic carbocycles. The van der Waals surface area contributed by atoms with E-state index in [1.54, 1.807) is 10.8 Å². The molecule has 0 fully saturated rings. The van der Waals surface area contributed by atoms with Crippen LogP contribution < -0.4 is 4.53 Å². The minimum atomic E-state index is -1.96. The van der Waals surface area contributed by atoms with E-state index in [0.717, 1.165) is 10.9 Å². The lowest BCUT2D eigenvalue weighted by Gasteiger charge is -2.36. The van der Waals surface area contributed by atoms with E-state index >= 15 is 0 Å². The Morgan fingerprint density at radius 3 is 2.39 bits per heavy atom. The maximum atomic E-state index is 10.0. The highest BCUT2D eigenvalue weighted by molar-refractivity contribution is 6.74. The molecule has 0 radical (unpaired) electrons. The van der Waals surface area contributed by atoms with E-state index in [4.69, 9.17) is 4.53 Å². The minimum Gasteiger partial charge on any atom is -0.492 e. The molecule has 2 aromatic rings. The number of hydrogen-bond donors (Lipinski definition) is 1. The van der Waals surface area contributed by atoms with E-state index in [2.05, 4.69) is 33.9 Å². The number of para-hydroxylation sites is 1. The van der Waals surface area contributed by atoms with Crippen LogP contribution in [0.25, 0.3) is 10.9 Å². The standard InChI is InChI=1S/C14H21NO2Si/c1-14(2,3)18(4,5)17-15-12-9-7-6-8-11(12)10-13(15)16/h6-10,16H,1-5H3. The van der Waals surface area contributed by atoms with Crippen LogP contribution >= 0.6 is 0 Å². The Morgan fingerprint density at radius 1 is 1.17 bits per heavy atom. The molecule has 1 heterocycles. The van der Waals surface area contributed by atoms with E-state index in [1.807, 2.05) is 24.3 Å². The number of nitrogens with zero attached hydrogens (tertiary/aromatic N) is 1. The topological polar surface area (TPSA) is 34.4 Å². The van der Waals surface area contributed by atoms with Gasteiger partial charge in [-0.2, -0.15) is 4.73 Å². The van der Waals surface area contributed by atoms with Crippen LogP contribution in [0.15, 0.2) is 30.3 Å². The molecule has 0 amide bonds. The van der Waals surface area contributed by atoms with Gasteiger partial charge in [-0.3, -0.25) is 0 Å². The Morgan fingerprint density at radius 2 is 1.78 bits per heavy atom. The number of aromatic hydroxyl groups is 1. The van der Waals surface area contributed by atoms with Gasteiger partial charge in [0.25, 0.3) is 8.32 Å². The second-order valence-corrected chi connectivity index (χ2v) is 10.9. The summed E-state index contributed by atoms with van der Waals surface area (Å²) in [6, 6.07) is 9.58. The van der Waals surface area contributed by atoms with Gasteiger partial charge in [-0.15, -0.1) is 0 Å². The Labute approximate surface area is 109 Å². The van der Waals surface area contributed by atoms with Crippen molar-refractivity contribution in [1.29, 1.82) is 0 Å². The molecule has 98 valence electrons. The predicted molar refractivity (Wildman–Crippen MR) is 77.4 cm³/mol. The molecule has 0 aliphatic rings. The zero-order valence-electron chi connectivity index (χ0n) is 11.7. The lowest BCUT2D eigenvalue weighted by Crippen LogP contribution is -2.47. The van der Waals surface area contributed by atoms with E-state index in [9.17, 15) is 5.11 Å². The number of rotatable bonds is 2. The molecule has 1 N–H and O–H groups in total. The molecule has 0 saturated heterocycles. The largest absolute Gasteiger partial charge is 0.492 e. The van der Waals surface area contributed by atoms with Crippen molar-refractivity contribution >= 4 is 19.2 Å². The minimum absolute atomic E-state index is 0.102. The third-order valence-electron chi connectivity index (χ3n) is 3.77. The average molecular weight is 263 g/mol. The molecular weight excluding hydrogens is 242 g/mol. The Balaban J connectivity index is 2.47. The highest BCUT2D eigenvalue weighted by Gasteiger charge is 2.40. The molecule has 18 heavy (non-hydrogen) atoms. The van der Waals surface area contributed by atoms with Crippen molar-refractivity contribution in [3.8, 4) is 5.88 Å². The van der Waals surface area contributed by atoms with Crippen LogP contribution in [0.4, 0.5) is 0 Å². The maximum absolute atomic E-state index is 10.0. The number of hydrogen-bond acceptors (Lipinski definition) is 2. The first-order valence-corrected chi connectivity index (χ1v) is 9.12. The fourth-order valence-corrected chi connectivity index (χ4v) is 2.50. The van der Waals surface area contributed by atoms with Crippen LogP contribution in [0, 0.1) is 0 Å². The molecule has 0 spiro atoms. The predicted octanol–water partition coefficient (Wildman–Crippen LogP) is 3.78. The number of benzene rings is 1. The summed E-state index contributed by atoms with van der Waals surface area (Å²) in [6.07, 6.45) is 0. The van der Waals surface area contributed by atoms with Crippen LogP contribution in [0.5, 0.6) is 5.88 Å². The van der Waals surface area contributed by atoms with Crippen molar-refractivity contribution in [3.05, 3.63) is 30.3 Å². The lowest BCUT2D eigenvalue weighted by atomic mass is 10.2. The molecule has 0 aliphatic heterocycles. The smallest absolute Gasteiger partial charge is 0.284 e. The van der Waals surface area contributed by atoms with Gasteiger partial charge in [0.2, 0.25) is 5.88 Å². The van der Waals surface area contributed by atoms with Crippen molar-refractivity contribution in [2.24, 2.45) is 0 Å². The summed E-state index contributed by atoms with van der Waals surface area (Å²) < 4.78 is 7.73. The van der Waals surface area contributed by atoms with Crippen LogP contribution in [-0.4, -0.2) is 18.2 Å². The summed E-state index contributed by atoms with van der Waals surface area (Å²) in [4.78, 5) is 0. The average Bonchev–Trinajstić information content (AvgIpc) is 2.54. The molecule has 0 atom stereocenters. The normalized spacial score (nSPS) is 12.9. The summed E-state index contributed by atoms with van der Waals surface area (Å²) in [5, 5.41) is 11.1. The molecule has 2 rings (SSSR count). The van der Waals surface area contributed by atoms with Gasteiger partial charge in [-0.25, -0.2) is 0 Å². The quantitative estimate of drug-likeness (QED) is 0.837. The Hall–Kier alpha value is -1.42. The van der Waals surface area contributed by atoms with Gasteiger partial charge in [0.15, 0.2) is 0 Å². The maximum Gasteiger partial charge on any atom is 0.284 e. The summed E-state index contributed by atoms with van der Waals surface area (Å²) in [7, 11) is -1.96. The van der Waals surface area contributed by atoms with Crippen molar-refractivity contribution in [2.45, 2.75) is 38.9 Å². The van der Waals surface area contributed by atoms with Gasteiger partial charge in [0.05, 0.1) is 5.52 Å². The van der Waals surface area contributed by atoms with E-state index in [-0.39, 0.29) is 10.9 Å². The van der Waals surface area contributed by atoms with Crippen LogP contribution in [0.2, 0.25) is 18.1 Å². The van der Waals surface area contributed by atoms with Gasteiger partial charge in [-0.05, 0) is 24.2 Å². The van der Waals surface area contributed by atoms with E-state index < -0.39 is 8.32 Å². The van der Waals surface area contributed by atoms with Crippen molar-refractivity contribution in [2.75, 3.05) is 0 Å². The first kappa shape index (κ1) is 13.0. The third-order valence-corrected chi connectivity index (χ3v) is 8.03. The molecule has 0 saturated carbocycles. The summed E-state index contributed by atoms with van der Waals surface area (Å²) >= 11 is 0. The molecule has 1 aromatic carbocycles. The molecule has 4 heteroatoms. The van der Waals surface area contributed by atoms with Crippen molar-refractivity contribution in [3.63, 3.8) is 0 Å². The second-order valence-electron chi connectivity index (χ2n) is 6.21. The fraction of sp³-hybridized carbons (Fsp3) is 0.429. The molecule has 0 bridgehead atoms. The first-order valence-electron chi connectivity index (χ1n) is 6.21. The lowest BCUT2D eigenvalue weighted by molar-refractivity contribution is 0.223. The Bertz CT molecular complexity index is 567. The van der Waals surface area contributed by atoms with E-state index in [1.165, 1.54) is 0 Å². The zero-order valence-corrected chi connectivity index (χ0v) is 12.7. The van der Waals surface area contributed by atoms with Gasteiger partial charge in [0, 0.05) is 11.5 Å². The van der Waals surface area contributed by atoms with Gasteiger partial charge < -0.3 is 9.63 Å². The van der Waals surface area contributed by atoms with Crippen LogP contribution in [0.3, 0.4) is 0 Å². The molecule has 3 nitrogen and oxygen atoms in total. The summed E-state index contributed by atoms with van der Waals surface area (Å²) in [5.41, 5.74) is 0.917. The Kier molecular flexibility index (Phi) is 2.93. The fourth-order valence-electron chi connectivity index (χ4n) is 1.58. The monoisotopic (exact) mass is 263 g/mol.